The second kappa shape index (κ2) is 9.09. The molecule has 1 saturated heterocycles. The molecule has 0 bridgehead atoms. The summed E-state index contributed by atoms with van der Waals surface area (Å²) in [5.74, 6) is 0.268. The molecule has 3 aromatic carbocycles. The van der Waals surface area contributed by atoms with E-state index in [0.717, 1.165) is 27.8 Å². The first-order valence-electron chi connectivity index (χ1n) is 9.29. The number of imide groups is 1. The highest BCUT2D eigenvalue weighted by Crippen LogP contribution is 2.36. The molecule has 3 aromatic rings. The maximum atomic E-state index is 12.7. The predicted molar refractivity (Wildman–Crippen MR) is 122 cm³/mol. The van der Waals surface area contributed by atoms with Gasteiger partial charge in [-0.2, -0.15) is 5.26 Å². The highest BCUT2D eigenvalue weighted by atomic mass is 35.5. The van der Waals surface area contributed by atoms with Gasteiger partial charge in [0.1, 0.15) is 12.4 Å². The third-order valence-corrected chi connectivity index (χ3v) is 5.71. The number of thioether (sulfide) groups is 1. The van der Waals surface area contributed by atoms with E-state index in [-0.39, 0.29) is 17.8 Å². The van der Waals surface area contributed by atoms with Gasteiger partial charge in [-0.1, -0.05) is 41.9 Å². The first-order valence-corrected chi connectivity index (χ1v) is 10.5. The van der Waals surface area contributed by atoms with Crippen LogP contribution in [0.5, 0.6) is 5.75 Å². The lowest BCUT2D eigenvalue weighted by molar-refractivity contribution is -0.113. The highest BCUT2D eigenvalue weighted by Gasteiger charge is 2.36. The number of ether oxygens (including phenoxy) is 1. The van der Waals surface area contributed by atoms with Gasteiger partial charge in [0.05, 0.1) is 22.2 Å². The fraction of sp³-hybridized carbons (Fsp3) is 0.0417. The molecular weight excluding hydrogens is 432 g/mol. The van der Waals surface area contributed by atoms with E-state index < -0.39 is 0 Å². The molecule has 1 heterocycles. The van der Waals surface area contributed by atoms with E-state index in [1.807, 2.05) is 30.3 Å². The number of nitriles is 1. The van der Waals surface area contributed by atoms with Crippen molar-refractivity contribution < 1.29 is 14.3 Å². The summed E-state index contributed by atoms with van der Waals surface area (Å²) in [6.45, 7) is 0.281. The van der Waals surface area contributed by atoms with Gasteiger partial charge in [0.15, 0.2) is 0 Å². The van der Waals surface area contributed by atoms with Crippen LogP contribution in [0.15, 0.2) is 77.7 Å². The van der Waals surface area contributed by atoms with Crippen LogP contribution in [-0.2, 0) is 11.4 Å². The van der Waals surface area contributed by atoms with Gasteiger partial charge in [0.2, 0.25) is 0 Å². The second-order valence-electron chi connectivity index (χ2n) is 6.62. The quantitative estimate of drug-likeness (QED) is 0.447. The Bertz CT molecular complexity index is 1210. The van der Waals surface area contributed by atoms with Gasteiger partial charge >= 0.3 is 0 Å². The zero-order valence-corrected chi connectivity index (χ0v) is 17.7. The third kappa shape index (κ3) is 4.64. The molecule has 152 valence electrons. The summed E-state index contributed by atoms with van der Waals surface area (Å²) in [6.07, 6.45) is 1.68. The number of halogens is 1. The number of hydrogen-bond acceptors (Lipinski definition) is 5. The van der Waals surface area contributed by atoms with Gasteiger partial charge in [0.25, 0.3) is 11.1 Å². The number of anilines is 1. The van der Waals surface area contributed by atoms with Crippen molar-refractivity contribution in [2.75, 3.05) is 4.90 Å². The molecule has 0 unspecified atom stereocenters. The molecule has 0 aliphatic carbocycles. The van der Waals surface area contributed by atoms with E-state index >= 15 is 0 Å². The fourth-order valence-corrected chi connectivity index (χ4v) is 3.98. The smallest absolute Gasteiger partial charge is 0.298 e. The maximum Gasteiger partial charge on any atom is 0.298 e. The second-order valence-corrected chi connectivity index (χ2v) is 8.05. The Hall–Kier alpha value is -3.53. The number of benzene rings is 3. The molecule has 0 spiro atoms. The lowest BCUT2D eigenvalue weighted by Gasteiger charge is -2.12. The SMILES string of the molecule is N#Cc1ccccc1COc1ccc(/C=C2/SC(=O)N(c3ccc(Cl)cc3)C2=O)cc1. The van der Waals surface area contributed by atoms with E-state index in [9.17, 15) is 9.59 Å². The van der Waals surface area contributed by atoms with E-state index in [1.165, 1.54) is 0 Å². The lowest BCUT2D eigenvalue weighted by atomic mass is 10.1. The van der Waals surface area contributed by atoms with Crippen LogP contribution in [0.3, 0.4) is 0 Å². The molecule has 0 saturated carbocycles. The number of amides is 2. The van der Waals surface area contributed by atoms with E-state index in [4.69, 9.17) is 21.6 Å². The van der Waals surface area contributed by atoms with Gasteiger partial charge in [-0.25, -0.2) is 4.90 Å². The zero-order valence-electron chi connectivity index (χ0n) is 16.1. The van der Waals surface area contributed by atoms with Crippen LogP contribution in [0, 0.1) is 11.3 Å². The third-order valence-electron chi connectivity index (χ3n) is 4.59. The molecule has 4 rings (SSSR count). The fourth-order valence-electron chi connectivity index (χ4n) is 3.01. The normalized spacial score (nSPS) is 14.7. The number of carbonyl (C=O) groups is 2. The van der Waals surface area contributed by atoms with Crippen molar-refractivity contribution in [3.05, 3.63) is 99.4 Å². The van der Waals surface area contributed by atoms with E-state index in [1.54, 1.807) is 48.5 Å². The van der Waals surface area contributed by atoms with Crippen molar-refractivity contribution in [3.8, 4) is 11.8 Å². The molecule has 0 aromatic heterocycles. The average Bonchev–Trinajstić information content (AvgIpc) is 3.07. The zero-order chi connectivity index (χ0) is 21.8. The lowest BCUT2D eigenvalue weighted by Crippen LogP contribution is -2.27. The van der Waals surface area contributed by atoms with E-state index in [0.29, 0.717) is 26.9 Å². The topological polar surface area (TPSA) is 70.4 Å². The Morgan fingerprint density at radius 2 is 1.71 bits per heavy atom. The first kappa shape index (κ1) is 20.7. The van der Waals surface area contributed by atoms with Crippen molar-refractivity contribution in [1.82, 2.24) is 0 Å². The summed E-state index contributed by atoms with van der Waals surface area (Å²) in [6, 6.07) is 23.1. The van der Waals surface area contributed by atoms with Crippen LogP contribution in [0.4, 0.5) is 10.5 Å². The number of rotatable bonds is 5. The van der Waals surface area contributed by atoms with Crippen molar-refractivity contribution in [3.63, 3.8) is 0 Å². The van der Waals surface area contributed by atoms with Crippen LogP contribution >= 0.6 is 23.4 Å². The minimum Gasteiger partial charge on any atom is -0.489 e. The standard InChI is InChI=1S/C24H15ClN2O3S/c25-19-7-9-20(10-8-19)27-23(28)22(31-24(27)29)13-16-5-11-21(12-6-16)30-15-18-4-2-1-3-17(18)14-26/h1-13H,15H2/b22-13+. The summed E-state index contributed by atoms with van der Waals surface area (Å²) in [5.41, 5.74) is 2.64. The molecular formula is C24H15ClN2O3S. The minimum absolute atomic E-state index is 0.281. The molecule has 0 N–H and O–H groups in total. The number of hydrogen-bond donors (Lipinski definition) is 0. The summed E-state index contributed by atoms with van der Waals surface area (Å²) < 4.78 is 5.77. The molecule has 7 heteroatoms. The van der Waals surface area contributed by atoms with Crippen LogP contribution in [0.2, 0.25) is 5.02 Å². The van der Waals surface area contributed by atoms with Crippen LogP contribution < -0.4 is 9.64 Å². The number of carbonyl (C=O) groups excluding carboxylic acids is 2. The van der Waals surface area contributed by atoms with Crippen molar-refractivity contribution >= 4 is 46.3 Å². The van der Waals surface area contributed by atoms with Crippen LogP contribution in [-0.4, -0.2) is 11.1 Å². The Morgan fingerprint density at radius 1 is 1.00 bits per heavy atom. The molecule has 0 atom stereocenters. The average molecular weight is 447 g/mol. The monoisotopic (exact) mass is 446 g/mol. The predicted octanol–water partition coefficient (Wildman–Crippen LogP) is 6.03. The summed E-state index contributed by atoms with van der Waals surface area (Å²) in [4.78, 5) is 26.6. The first-order chi connectivity index (χ1) is 15.0. The molecule has 5 nitrogen and oxygen atoms in total. The largest absolute Gasteiger partial charge is 0.489 e. The molecule has 0 radical (unpaired) electrons. The van der Waals surface area contributed by atoms with Gasteiger partial charge in [-0.05, 0) is 65.9 Å². The van der Waals surface area contributed by atoms with Gasteiger partial charge in [0, 0.05) is 10.6 Å². The Labute approximate surface area is 188 Å². The molecule has 1 aliphatic rings. The molecule has 31 heavy (non-hydrogen) atoms. The molecule has 1 fully saturated rings. The summed E-state index contributed by atoms with van der Waals surface area (Å²) in [7, 11) is 0. The van der Waals surface area contributed by atoms with Crippen LogP contribution in [0.1, 0.15) is 16.7 Å². The van der Waals surface area contributed by atoms with Crippen LogP contribution in [0.25, 0.3) is 6.08 Å². The van der Waals surface area contributed by atoms with Crippen molar-refractivity contribution in [1.29, 1.82) is 5.26 Å². The van der Waals surface area contributed by atoms with Gasteiger partial charge in [-0.15, -0.1) is 0 Å². The number of nitrogens with zero attached hydrogens (tertiary/aromatic N) is 2. The van der Waals surface area contributed by atoms with Gasteiger partial charge < -0.3 is 4.74 Å². The van der Waals surface area contributed by atoms with Crippen molar-refractivity contribution in [2.45, 2.75) is 6.61 Å². The molecule has 1 aliphatic heterocycles. The van der Waals surface area contributed by atoms with E-state index in [2.05, 4.69) is 6.07 Å². The summed E-state index contributed by atoms with van der Waals surface area (Å²) in [5, 5.41) is 9.34. The highest BCUT2D eigenvalue weighted by molar-refractivity contribution is 8.19. The Morgan fingerprint density at radius 3 is 2.42 bits per heavy atom. The molecule has 2 amide bonds. The minimum atomic E-state index is -0.370. The summed E-state index contributed by atoms with van der Waals surface area (Å²) >= 11 is 6.78. The van der Waals surface area contributed by atoms with Crippen molar-refractivity contribution in [2.24, 2.45) is 0 Å². The van der Waals surface area contributed by atoms with Gasteiger partial charge in [-0.3, -0.25) is 9.59 Å². The Balaban J connectivity index is 1.46. The Kier molecular flexibility index (Phi) is 6.08. The maximum absolute atomic E-state index is 12.7.